The van der Waals surface area contributed by atoms with E-state index in [0.29, 0.717) is 19.1 Å². The number of hydrogen-bond donors (Lipinski definition) is 4. The van der Waals surface area contributed by atoms with Crippen LogP contribution in [0.25, 0.3) is 0 Å². The first-order chi connectivity index (χ1) is 14.3. The zero-order valence-electron chi connectivity index (χ0n) is 19.7. The van der Waals surface area contributed by atoms with Crippen LogP contribution in [-0.2, 0) is 4.79 Å². The summed E-state index contributed by atoms with van der Waals surface area (Å²) >= 11 is 0. The van der Waals surface area contributed by atoms with E-state index in [1.807, 2.05) is 6.07 Å². The van der Waals surface area contributed by atoms with Gasteiger partial charge in [-0.05, 0) is 46.1 Å². The Hall–Kier alpha value is -1.39. The van der Waals surface area contributed by atoms with Crippen LogP contribution in [0.4, 0.5) is 0 Å². The fourth-order valence-electron chi connectivity index (χ4n) is 3.76. The lowest BCUT2D eigenvalue weighted by atomic mass is 10.0. The molecule has 0 aromatic heterocycles. The highest BCUT2D eigenvalue weighted by Crippen LogP contribution is 2.16. The predicted molar refractivity (Wildman–Crippen MR) is 140 cm³/mol. The zero-order chi connectivity index (χ0) is 22.0. The van der Waals surface area contributed by atoms with Gasteiger partial charge < -0.3 is 21.3 Å². The van der Waals surface area contributed by atoms with Crippen molar-refractivity contribution in [2.45, 2.75) is 58.2 Å². The van der Waals surface area contributed by atoms with Crippen molar-refractivity contribution in [3.63, 3.8) is 0 Å². The second-order valence-electron chi connectivity index (χ2n) is 8.72. The molecular formula is C23H41IN6O. The van der Waals surface area contributed by atoms with Crippen LogP contribution in [0, 0.1) is 0 Å². The average Bonchev–Trinajstić information content (AvgIpc) is 2.74. The van der Waals surface area contributed by atoms with Gasteiger partial charge in [0.15, 0.2) is 5.96 Å². The van der Waals surface area contributed by atoms with E-state index in [9.17, 15) is 4.79 Å². The van der Waals surface area contributed by atoms with Crippen LogP contribution in [0.5, 0.6) is 0 Å². The molecule has 0 radical (unpaired) electrons. The summed E-state index contributed by atoms with van der Waals surface area (Å²) in [6, 6.07) is 11.1. The monoisotopic (exact) mass is 544 g/mol. The molecule has 1 amide bonds. The molecule has 1 heterocycles. The van der Waals surface area contributed by atoms with Crippen molar-refractivity contribution in [2.75, 3.05) is 39.8 Å². The molecule has 1 unspecified atom stereocenters. The summed E-state index contributed by atoms with van der Waals surface area (Å²) in [5, 5.41) is 13.4. The average molecular weight is 545 g/mol. The van der Waals surface area contributed by atoms with Gasteiger partial charge in [-0.3, -0.25) is 14.7 Å². The molecule has 4 N–H and O–H groups in total. The van der Waals surface area contributed by atoms with Crippen LogP contribution in [0.2, 0.25) is 0 Å². The van der Waals surface area contributed by atoms with Crippen LogP contribution in [0.1, 0.15) is 52.1 Å². The summed E-state index contributed by atoms with van der Waals surface area (Å²) in [7, 11) is 1.69. The number of nitrogens with one attached hydrogen (secondary N) is 4. The summed E-state index contributed by atoms with van der Waals surface area (Å²) in [4.78, 5) is 18.6. The van der Waals surface area contributed by atoms with Crippen molar-refractivity contribution in [1.82, 2.24) is 26.2 Å². The van der Waals surface area contributed by atoms with Gasteiger partial charge in [0, 0.05) is 44.3 Å². The maximum Gasteiger partial charge on any atom is 0.233 e. The molecule has 8 heteroatoms. The Morgan fingerprint density at radius 1 is 1.23 bits per heavy atom. The molecule has 1 atom stereocenters. The van der Waals surface area contributed by atoms with Crippen molar-refractivity contribution in [1.29, 1.82) is 0 Å². The Balaban J connectivity index is 0.00000480. The molecule has 1 aromatic carbocycles. The normalized spacial score (nSPS) is 16.9. The second kappa shape index (κ2) is 13.9. The molecule has 0 aliphatic carbocycles. The molecule has 1 aliphatic heterocycles. The van der Waals surface area contributed by atoms with E-state index in [-0.39, 0.29) is 41.5 Å². The predicted octanol–water partition coefficient (Wildman–Crippen LogP) is 2.50. The number of guanidine groups is 1. The number of piperidine rings is 1. The number of likely N-dealkylation sites (N-methyl/N-ethyl adjacent to an activating group) is 1. The molecule has 1 aliphatic rings. The first-order valence-corrected chi connectivity index (χ1v) is 11.1. The van der Waals surface area contributed by atoms with E-state index in [2.05, 4.69) is 78.1 Å². The maximum absolute atomic E-state index is 11.6. The topological polar surface area (TPSA) is 80.8 Å². The van der Waals surface area contributed by atoms with Gasteiger partial charge in [-0.1, -0.05) is 30.3 Å². The quantitative estimate of drug-likeness (QED) is 0.218. The molecule has 0 saturated carbocycles. The maximum atomic E-state index is 11.6. The number of benzene rings is 1. The number of amides is 1. The largest absolute Gasteiger partial charge is 0.358 e. The lowest BCUT2D eigenvalue weighted by molar-refractivity contribution is -0.122. The summed E-state index contributed by atoms with van der Waals surface area (Å²) in [5.41, 5.74) is 1.15. The van der Waals surface area contributed by atoms with Gasteiger partial charge in [-0.2, -0.15) is 0 Å². The van der Waals surface area contributed by atoms with E-state index in [1.54, 1.807) is 7.05 Å². The number of halogens is 1. The fraction of sp³-hybridized carbons (Fsp3) is 0.652. The van der Waals surface area contributed by atoms with E-state index >= 15 is 0 Å². The SMILES string of the molecule is CCNC(=NCC(C)(C)NC(C)c1ccccc1)NC1CCN(CC(=O)NC)CC1.I. The Bertz CT molecular complexity index is 674. The van der Waals surface area contributed by atoms with Crippen molar-refractivity contribution < 1.29 is 4.79 Å². The number of aliphatic imine (C=N–C) groups is 1. The number of carbonyl (C=O) groups excluding carboxylic acids is 1. The molecule has 1 aromatic rings. The fourth-order valence-corrected chi connectivity index (χ4v) is 3.76. The second-order valence-corrected chi connectivity index (χ2v) is 8.72. The highest BCUT2D eigenvalue weighted by atomic mass is 127. The zero-order valence-corrected chi connectivity index (χ0v) is 22.0. The molecular weight excluding hydrogens is 503 g/mol. The highest BCUT2D eigenvalue weighted by Gasteiger charge is 2.23. The van der Waals surface area contributed by atoms with E-state index in [4.69, 9.17) is 4.99 Å². The summed E-state index contributed by atoms with van der Waals surface area (Å²) < 4.78 is 0. The minimum atomic E-state index is -0.130. The third-order valence-corrected chi connectivity index (χ3v) is 5.46. The standard InChI is InChI=1S/C23H40N6O.HI/c1-6-25-22(27-20-12-14-29(15-13-20)16-21(30)24-5)26-17-23(3,4)28-18(2)19-10-8-7-9-11-19;/h7-11,18,20,28H,6,12-17H2,1-5H3,(H,24,30)(H2,25,26,27);1H. The Kier molecular flexibility index (Phi) is 12.4. The minimum absolute atomic E-state index is 0. The Morgan fingerprint density at radius 2 is 1.87 bits per heavy atom. The van der Waals surface area contributed by atoms with Crippen molar-refractivity contribution >= 4 is 35.8 Å². The number of likely N-dealkylation sites (tertiary alicyclic amines) is 1. The molecule has 1 fully saturated rings. The van der Waals surface area contributed by atoms with Crippen LogP contribution < -0.4 is 21.3 Å². The van der Waals surface area contributed by atoms with Gasteiger partial charge >= 0.3 is 0 Å². The molecule has 7 nitrogen and oxygen atoms in total. The number of nitrogens with zero attached hydrogens (tertiary/aromatic N) is 2. The van der Waals surface area contributed by atoms with Gasteiger partial charge in [0.2, 0.25) is 5.91 Å². The van der Waals surface area contributed by atoms with Crippen LogP contribution in [-0.4, -0.2) is 68.1 Å². The number of rotatable bonds is 9. The van der Waals surface area contributed by atoms with E-state index < -0.39 is 0 Å². The van der Waals surface area contributed by atoms with Crippen molar-refractivity contribution in [3.05, 3.63) is 35.9 Å². The first-order valence-electron chi connectivity index (χ1n) is 11.1. The van der Waals surface area contributed by atoms with Gasteiger partial charge in [0.1, 0.15) is 0 Å². The first kappa shape index (κ1) is 27.6. The lowest BCUT2D eigenvalue weighted by Crippen LogP contribution is -2.51. The molecule has 176 valence electrons. The van der Waals surface area contributed by atoms with Gasteiger partial charge in [0.05, 0.1) is 13.1 Å². The van der Waals surface area contributed by atoms with Crippen LogP contribution in [0.15, 0.2) is 35.3 Å². The number of hydrogen-bond acceptors (Lipinski definition) is 4. The number of carbonyl (C=O) groups is 1. The Morgan fingerprint density at radius 3 is 2.45 bits per heavy atom. The van der Waals surface area contributed by atoms with E-state index in [0.717, 1.165) is 38.4 Å². The molecule has 1 saturated heterocycles. The van der Waals surface area contributed by atoms with Crippen molar-refractivity contribution in [3.8, 4) is 0 Å². The minimum Gasteiger partial charge on any atom is -0.358 e. The van der Waals surface area contributed by atoms with Crippen molar-refractivity contribution in [2.24, 2.45) is 4.99 Å². The molecule has 31 heavy (non-hydrogen) atoms. The van der Waals surface area contributed by atoms with Gasteiger partial charge in [-0.25, -0.2) is 0 Å². The third-order valence-electron chi connectivity index (χ3n) is 5.46. The van der Waals surface area contributed by atoms with Gasteiger partial charge in [-0.15, -0.1) is 24.0 Å². The molecule has 2 rings (SSSR count). The summed E-state index contributed by atoms with van der Waals surface area (Å²) in [5.74, 6) is 0.945. The highest BCUT2D eigenvalue weighted by molar-refractivity contribution is 14.0. The molecule has 0 bridgehead atoms. The summed E-state index contributed by atoms with van der Waals surface area (Å²) in [6.45, 7) is 12.5. The smallest absolute Gasteiger partial charge is 0.233 e. The van der Waals surface area contributed by atoms with Crippen LogP contribution in [0.3, 0.4) is 0 Å². The third kappa shape index (κ3) is 10.2. The van der Waals surface area contributed by atoms with Gasteiger partial charge in [0.25, 0.3) is 0 Å². The van der Waals surface area contributed by atoms with Crippen LogP contribution >= 0.6 is 24.0 Å². The van der Waals surface area contributed by atoms with E-state index in [1.165, 1.54) is 5.56 Å². The summed E-state index contributed by atoms with van der Waals surface area (Å²) in [6.07, 6.45) is 2.02. The molecule has 0 spiro atoms. The Labute approximate surface area is 205 Å². The lowest BCUT2D eigenvalue weighted by Gasteiger charge is -2.33.